The summed E-state index contributed by atoms with van der Waals surface area (Å²) in [5.74, 6) is 0.816. The molecule has 1 heterocycles. The Morgan fingerprint density at radius 1 is 1.39 bits per heavy atom. The molecule has 0 amide bonds. The van der Waals surface area contributed by atoms with Crippen molar-refractivity contribution in [3.05, 3.63) is 30.1 Å². The third-order valence-corrected chi connectivity index (χ3v) is 5.13. The zero-order valence-corrected chi connectivity index (χ0v) is 11.9. The summed E-state index contributed by atoms with van der Waals surface area (Å²) >= 11 is 0. The second kappa shape index (κ2) is 5.00. The number of pyridine rings is 1. The van der Waals surface area contributed by atoms with E-state index in [-0.39, 0.29) is 5.54 Å². The van der Waals surface area contributed by atoms with Crippen LogP contribution in [0.4, 0.5) is 0 Å². The largest absolute Gasteiger partial charge is 0.321 e. The van der Waals surface area contributed by atoms with Crippen LogP contribution < -0.4 is 5.73 Å². The van der Waals surface area contributed by atoms with Crippen LogP contribution in [0.25, 0.3) is 0 Å². The molecule has 1 aromatic rings. The van der Waals surface area contributed by atoms with Crippen molar-refractivity contribution in [1.29, 1.82) is 0 Å². The van der Waals surface area contributed by atoms with Crippen LogP contribution >= 0.6 is 0 Å². The molecule has 0 unspecified atom stereocenters. The lowest BCUT2D eigenvalue weighted by Gasteiger charge is -2.43. The molecule has 2 nitrogen and oxygen atoms in total. The number of hydrogen-bond acceptors (Lipinski definition) is 2. The molecule has 2 N–H and O–H groups in total. The molecule has 2 heteroatoms. The van der Waals surface area contributed by atoms with Crippen LogP contribution in [-0.2, 0) is 5.54 Å². The van der Waals surface area contributed by atoms with Crippen molar-refractivity contribution in [2.45, 2.75) is 58.4 Å². The van der Waals surface area contributed by atoms with Gasteiger partial charge in [0.2, 0.25) is 0 Å². The molecule has 2 rings (SSSR count). The van der Waals surface area contributed by atoms with Gasteiger partial charge in [-0.25, -0.2) is 0 Å². The fourth-order valence-corrected chi connectivity index (χ4v) is 3.15. The van der Waals surface area contributed by atoms with Gasteiger partial charge in [0.15, 0.2) is 0 Å². The fourth-order valence-electron chi connectivity index (χ4n) is 3.15. The third kappa shape index (κ3) is 2.59. The minimum Gasteiger partial charge on any atom is -0.321 e. The zero-order valence-electron chi connectivity index (χ0n) is 11.9. The standard InChI is InChI=1S/C16H26N2/c1-4-15(2,3)13-7-9-16(17,10-8-13)14-6-5-11-18-12-14/h5-6,11-13H,4,7-10,17H2,1-3H3. The number of nitrogens with two attached hydrogens (primary N) is 1. The number of aromatic nitrogens is 1. The maximum absolute atomic E-state index is 6.59. The Labute approximate surface area is 111 Å². The highest BCUT2D eigenvalue weighted by Crippen LogP contribution is 2.45. The van der Waals surface area contributed by atoms with Crippen molar-refractivity contribution >= 4 is 0 Å². The zero-order chi connectivity index (χ0) is 13.2. The van der Waals surface area contributed by atoms with Crippen LogP contribution in [0.15, 0.2) is 24.5 Å². The van der Waals surface area contributed by atoms with E-state index in [0.717, 1.165) is 18.8 Å². The quantitative estimate of drug-likeness (QED) is 0.879. The lowest BCUT2D eigenvalue weighted by atomic mass is 9.64. The van der Waals surface area contributed by atoms with E-state index in [1.807, 2.05) is 18.5 Å². The third-order valence-electron chi connectivity index (χ3n) is 5.13. The minimum absolute atomic E-state index is 0.144. The Kier molecular flexibility index (Phi) is 3.76. The van der Waals surface area contributed by atoms with Crippen LogP contribution in [-0.4, -0.2) is 4.98 Å². The van der Waals surface area contributed by atoms with Crippen LogP contribution in [0.3, 0.4) is 0 Å². The van der Waals surface area contributed by atoms with Crippen molar-refractivity contribution in [1.82, 2.24) is 4.98 Å². The highest BCUT2D eigenvalue weighted by atomic mass is 14.8. The highest BCUT2D eigenvalue weighted by molar-refractivity contribution is 5.21. The molecule has 1 aromatic heterocycles. The van der Waals surface area contributed by atoms with Gasteiger partial charge in [-0.2, -0.15) is 0 Å². The van der Waals surface area contributed by atoms with E-state index >= 15 is 0 Å². The van der Waals surface area contributed by atoms with Crippen molar-refractivity contribution < 1.29 is 0 Å². The van der Waals surface area contributed by atoms with Crippen LogP contribution in [0.2, 0.25) is 0 Å². The molecule has 0 aromatic carbocycles. The number of hydrogen-bond donors (Lipinski definition) is 1. The van der Waals surface area contributed by atoms with Gasteiger partial charge in [0.1, 0.15) is 0 Å². The first-order chi connectivity index (χ1) is 8.48. The molecule has 1 saturated carbocycles. The van der Waals surface area contributed by atoms with E-state index in [9.17, 15) is 0 Å². The van der Waals surface area contributed by atoms with Gasteiger partial charge < -0.3 is 5.73 Å². The molecule has 0 aliphatic heterocycles. The van der Waals surface area contributed by atoms with Gasteiger partial charge in [-0.3, -0.25) is 4.98 Å². The van der Waals surface area contributed by atoms with Crippen LogP contribution in [0.1, 0.15) is 58.4 Å². The van der Waals surface area contributed by atoms with Gasteiger partial charge >= 0.3 is 0 Å². The van der Waals surface area contributed by atoms with Crippen LogP contribution in [0, 0.1) is 11.3 Å². The topological polar surface area (TPSA) is 38.9 Å². The summed E-state index contributed by atoms with van der Waals surface area (Å²) in [5, 5.41) is 0. The van der Waals surface area contributed by atoms with E-state index in [0.29, 0.717) is 5.41 Å². The summed E-state index contributed by atoms with van der Waals surface area (Å²) in [5.41, 5.74) is 8.10. The smallest absolute Gasteiger partial charge is 0.0425 e. The molecule has 1 fully saturated rings. The van der Waals surface area contributed by atoms with Crippen molar-refractivity contribution in [3.8, 4) is 0 Å². The minimum atomic E-state index is -0.144. The monoisotopic (exact) mass is 246 g/mol. The van der Waals surface area contributed by atoms with Gasteiger partial charge in [-0.15, -0.1) is 0 Å². The molecular formula is C16H26N2. The predicted molar refractivity (Wildman–Crippen MR) is 76.1 cm³/mol. The first-order valence-corrected chi connectivity index (χ1v) is 7.17. The van der Waals surface area contributed by atoms with Gasteiger partial charge in [0.25, 0.3) is 0 Å². The molecule has 0 radical (unpaired) electrons. The van der Waals surface area contributed by atoms with Crippen LogP contribution in [0.5, 0.6) is 0 Å². The average molecular weight is 246 g/mol. The molecule has 100 valence electrons. The predicted octanol–water partition coefficient (Wildman–Crippen LogP) is 3.86. The summed E-state index contributed by atoms with van der Waals surface area (Å²) in [6.45, 7) is 7.09. The van der Waals surface area contributed by atoms with E-state index < -0.39 is 0 Å². The molecule has 0 atom stereocenters. The highest BCUT2D eigenvalue weighted by Gasteiger charge is 2.38. The fraction of sp³-hybridized carbons (Fsp3) is 0.688. The molecule has 18 heavy (non-hydrogen) atoms. The maximum Gasteiger partial charge on any atom is 0.0425 e. The average Bonchev–Trinajstić information content (AvgIpc) is 2.40. The van der Waals surface area contributed by atoms with E-state index in [2.05, 4.69) is 31.8 Å². The van der Waals surface area contributed by atoms with E-state index in [1.165, 1.54) is 24.8 Å². The molecule has 1 aliphatic rings. The first kappa shape index (κ1) is 13.5. The second-order valence-corrected chi connectivity index (χ2v) is 6.51. The molecule has 0 bridgehead atoms. The molecule has 0 spiro atoms. The summed E-state index contributed by atoms with van der Waals surface area (Å²) in [4.78, 5) is 4.21. The molecule has 1 aliphatic carbocycles. The summed E-state index contributed by atoms with van der Waals surface area (Å²) < 4.78 is 0. The Hall–Kier alpha value is -0.890. The van der Waals surface area contributed by atoms with E-state index in [4.69, 9.17) is 5.73 Å². The number of nitrogens with zero attached hydrogens (tertiary/aromatic N) is 1. The number of rotatable bonds is 3. The SMILES string of the molecule is CCC(C)(C)C1CCC(N)(c2cccnc2)CC1. The Morgan fingerprint density at radius 3 is 2.56 bits per heavy atom. The summed E-state index contributed by atoms with van der Waals surface area (Å²) in [6, 6.07) is 4.12. The van der Waals surface area contributed by atoms with Gasteiger partial charge in [-0.05, 0) is 48.6 Å². The summed E-state index contributed by atoms with van der Waals surface area (Å²) in [6.07, 6.45) is 9.67. The lowest BCUT2D eigenvalue weighted by Crippen LogP contribution is -2.42. The Morgan fingerprint density at radius 2 is 2.06 bits per heavy atom. The summed E-state index contributed by atoms with van der Waals surface area (Å²) in [7, 11) is 0. The first-order valence-electron chi connectivity index (χ1n) is 7.17. The van der Waals surface area contributed by atoms with Gasteiger partial charge in [0, 0.05) is 17.9 Å². The molecular weight excluding hydrogens is 220 g/mol. The molecule has 0 saturated heterocycles. The lowest BCUT2D eigenvalue weighted by molar-refractivity contribution is 0.115. The van der Waals surface area contributed by atoms with Crippen molar-refractivity contribution in [3.63, 3.8) is 0 Å². The van der Waals surface area contributed by atoms with E-state index in [1.54, 1.807) is 0 Å². The second-order valence-electron chi connectivity index (χ2n) is 6.51. The van der Waals surface area contributed by atoms with Gasteiger partial charge in [-0.1, -0.05) is 33.3 Å². The maximum atomic E-state index is 6.59. The Bertz CT molecular complexity index is 375. The van der Waals surface area contributed by atoms with Gasteiger partial charge in [0.05, 0.1) is 0 Å². The Balaban J connectivity index is 2.06. The van der Waals surface area contributed by atoms with Crippen molar-refractivity contribution in [2.24, 2.45) is 17.1 Å². The van der Waals surface area contributed by atoms with Crippen molar-refractivity contribution in [2.75, 3.05) is 0 Å². The normalized spacial score (nSPS) is 29.2.